The van der Waals surface area contributed by atoms with Gasteiger partial charge in [-0.3, -0.25) is 4.21 Å². The lowest BCUT2D eigenvalue weighted by atomic mass is 10.3. The second kappa shape index (κ2) is 6.25. The van der Waals surface area contributed by atoms with Gasteiger partial charge in [0.2, 0.25) is 0 Å². The smallest absolute Gasteiger partial charge is 0.327 e. The van der Waals surface area contributed by atoms with E-state index >= 15 is 0 Å². The fourth-order valence-corrected chi connectivity index (χ4v) is 2.76. The maximum absolute atomic E-state index is 11.7. The van der Waals surface area contributed by atoms with Crippen LogP contribution in [0.5, 0.6) is 0 Å². The molecule has 0 saturated carbocycles. The number of carbonyl (C=O) groups excluding carboxylic acids is 1. The topological polar surface area (TPSA) is 86.7 Å². The summed E-state index contributed by atoms with van der Waals surface area (Å²) in [7, 11) is -1.00. The summed E-state index contributed by atoms with van der Waals surface area (Å²) in [5.74, 6) is -0.193. The SMILES string of the molecule is CC(CNC(=O)N1CSCC1C(=O)O)S(C)=O. The number of nitrogens with zero attached hydrogens (tertiary/aromatic N) is 1. The number of carbonyl (C=O) groups is 2. The van der Waals surface area contributed by atoms with Gasteiger partial charge in [0.15, 0.2) is 0 Å². The monoisotopic (exact) mass is 280 g/mol. The minimum Gasteiger partial charge on any atom is -0.480 e. The second-order valence-corrected chi connectivity index (χ2v) is 6.62. The van der Waals surface area contributed by atoms with Gasteiger partial charge in [0.1, 0.15) is 6.04 Å². The second-order valence-electron chi connectivity index (χ2n) is 3.82. The Bertz CT molecular complexity index is 337. The quantitative estimate of drug-likeness (QED) is 0.752. The van der Waals surface area contributed by atoms with Gasteiger partial charge in [0, 0.05) is 34.6 Å². The molecule has 3 atom stereocenters. The van der Waals surface area contributed by atoms with Gasteiger partial charge in [-0.05, 0) is 6.92 Å². The van der Waals surface area contributed by atoms with Crippen molar-refractivity contribution in [2.45, 2.75) is 18.2 Å². The van der Waals surface area contributed by atoms with E-state index in [-0.39, 0.29) is 11.8 Å². The molecule has 0 aliphatic carbocycles. The zero-order valence-electron chi connectivity index (χ0n) is 9.71. The van der Waals surface area contributed by atoms with Crippen LogP contribution in [0.15, 0.2) is 0 Å². The summed E-state index contributed by atoms with van der Waals surface area (Å²) in [6.45, 7) is 2.05. The molecular weight excluding hydrogens is 264 g/mol. The van der Waals surface area contributed by atoms with Gasteiger partial charge in [-0.1, -0.05) is 0 Å². The minimum atomic E-state index is -1.00. The van der Waals surface area contributed by atoms with Crippen molar-refractivity contribution >= 4 is 34.6 Å². The van der Waals surface area contributed by atoms with Crippen LogP contribution in [0.4, 0.5) is 4.79 Å². The number of urea groups is 1. The third kappa shape index (κ3) is 3.88. The molecule has 8 heteroatoms. The first-order chi connectivity index (χ1) is 7.93. The Hall–Kier alpha value is -0.760. The number of thioether (sulfide) groups is 1. The number of hydrogen-bond donors (Lipinski definition) is 2. The highest BCUT2D eigenvalue weighted by Crippen LogP contribution is 2.20. The summed E-state index contributed by atoms with van der Waals surface area (Å²) in [5.41, 5.74) is 0. The number of hydrogen-bond acceptors (Lipinski definition) is 4. The molecule has 1 heterocycles. The van der Waals surface area contributed by atoms with Crippen LogP contribution >= 0.6 is 11.8 Å². The predicted molar refractivity (Wildman–Crippen MR) is 67.5 cm³/mol. The van der Waals surface area contributed by atoms with Crippen LogP contribution in [0.25, 0.3) is 0 Å². The standard InChI is InChI=1S/C9H16N2O4S2/c1-6(17(2)15)3-10-9(14)11-5-16-4-7(11)8(12)13/h6-7H,3-5H2,1-2H3,(H,10,14)(H,12,13). The molecule has 0 aromatic heterocycles. The van der Waals surface area contributed by atoms with Gasteiger partial charge in [-0.25, -0.2) is 9.59 Å². The molecule has 17 heavy (non-hydrogen) atoms. The van der Waals surface area contributed by atoms with E-state index in [2.05, 4.69) is 5.32 Å². The van der Waals surface area contributed by atoms with E-state index in [1.54, 1.807) is 13.2 Å². The molecule has 1 aliphatic heterocycles. The number of carboxylic acid groups (broad SMARTS) is 1. The van der Waals surface area contributed by atoms with Crippen molar-refractivity contribution in [3.63, 3.8) is 0 Å². The summed E-state index contributed by atoms with van der Waals surface area (Å²) in [5, 5.41) is 11.4. The van der Waals surface area contributed by atoms with E-state index in [0.29, 0.717) is 11.6 Å². The number of amides is 2. The van der Waals surface area contributed by atoms with Crippen molar-refractivity contribution in [2.75, 3.05) is 24.4 Å². The zero-order chi connectivity index (χ0) is 13.0. The van der Waals surface area contributed by atoms with Gasteiger partial charge in [0.25, 0.3) is 0 Å². The summed E-state index contributed by atoms with van der Waals surface area (Å²) in [6, 6.07) is -1.16. The molecule has 1 aliphatic rings. The van der Waals surface area contributed by atoms with E-state index in [9.17, 15) is 13.8 Å². The van der Waals surface area contributed by atoms with Crippen LogP contribution in [-0.2, 0) is 15.6 Å². The van der Waals surface area contributed by atoms with Crippen LogP contribution in [0.1, 0.15) is 6.92 Å². The van der Waals surface area contributed by atoms with Gasteiger partial charge in [0.05, 0.1) is 5.88 Å². The molecule has 2 amide bonds. The molecule has 0 bridgehead atoms. The molecule has 0 spiro atoms. The Balaban J connectivity index is 2.47. The van der Waals surface area contributed by atoms with Crippen molar-refractivity contribution in [2.24, 2.45) is 0 Å². The van der Waals surface area contributed by atoms with Crippen molar-refractivity contribution in [3.8, 4) is 0 Å². The van der Waals surface area contributed by atoms with Crippen molar-refractivity contribution in [1.82, 2.24) is 10.2 Å². The average Bonchev–Trinajstić information content (AvgIpc) is 2.73. The van der Waals surface area contributed by atoms with E-state index < -0.39 is 28.8 Å². The highest BCUT2D eigenvalue weighted by molar-refractivity contribution is 7.99. The molecule has 1 fully saturated rings. The van der Waals surface area contributed by atoms with Crippen LogP contribution in [0.3, 0.4) is 0 Å². The van der Waals surface area contributed by atoms with Gasteiger partial charge >= 0.3 is 12.0 Å². The van der Waals surface area contributed by atoms with E-state index in [1.807, 2.05) is 0 Å². The van der Waals surface area contributed by atoms with Crippen LogP contribution in [-0.4, -0.2) is 61.9 Å². The molecule has 2 N–H and O–H groups in total. The number of rotatable bonds is 4. The van der Waals surface area contributed by atoms with Gasteiger partial charge < -0.3 is 15.3 Å². The minimum absolute atomic E-state index is 0.141. The Labute approximate surface area is 107 Å². The molecule has 1 saturated heterocycles. The Morgan fingerprint density at radius 2 is 2.29 bits per heavy atom. The van der Waals surface area contributed by atoms with Crippen LogP contribution in [0, 0.1) is 0 Å². The highest BCUT2D eigenvalue weighted by atomic mass is 32.2. The summed E-state index contributed by atoms with van der Waals surface area (Å²) >= 11 is 1.41. The first-order valence-corrected chi connectivity index (χ1v) is 7.88. The predicted octanol–water partition coefficient (Wildman–Crippen LogP) is -0.0775. The molecule has 0 aromatic rings. The van der Waals surface area contributed by atoms with E-state index in [4.69, 9.17) is 5.11 Å². The van der Waals surface area contributed by atoms with Crippen LogP contribution < -0.4 is 5.32 Å². The molecule has 0 radical (unpaired) electrons. The number of carboxylic acids is 1. The fourth-order valence-electron chi connectivity index (χ4n) is 1.30. The third-order valence-electron chi connectivity index (χ3n) is 2.54. The first kappa shape index (κ1) is 14.3. The Morgan fingerprint density at radius 3 is 2.82 bits per heavy atom. The average molecular weight is 280 g/mol. The first-order valence-electron chi connectivity index (χ1n) is 5.10. The van der Waals surface area contributed by atoms with Crippen LogP contribution in [0.2, 0.25) is 0 Å². The van der Waals surface area contributed by atoms with Crippen molar-refractivity contribution in [1.29, 1.82) is 0 Å². The molecule has 3 unspecified atom stereocenters. The lowest BCUT2D eigenvalue weighted by Gasteiger charge is -2.21. The largest absolute Gasteiger partial charge is 0.480 e. The van der Waals surface area contributed by atoms with E-state index in [1.165, 1.54) is 16.7 Å². The molecule has 1 rings (SSSR count). The molecule has 6 nitrogen and oxygen atoms in total. The third-order valence-corrected chi connectivity index (χ3v) is 4.85. The lowest BCUT2D eigenvalue weighted by molar-refractivity contribution is -0.140. The summed E-state index contributed by atoms with van der Waals surface area (Å²) in [6.07, 6.45) is 1.57. The highest BCUT2D eigenvalue weighted by Gasteiger charge is 2.34. The molecule has 98 valence electrons. The molecule has 0 aromatic carbocycles. The summed E-state index contributed by atoms with van der Waals surface area (Å²) < 4.78 is 11.1. The summed E-state index contributed by atoms with van der Waals surface area (Å²) in [4.78, 5) is 23.9. The number of aliphatic carboxylic acids is 1. The normalized spacial score (nSPS) is 23.2. The fraction of sp³-hybridized carbons (Fsp3) is 0.778. The van der Waals surface area contributed by atoms with Crippen molar-refractivity contribution in [3.05, 3.63) is 0 Å². The maximum Gasteiger partial charge on any atom is 0.327 e. The zero-order valence-corrected chi connectivity index (χ0v) is 11.3. The lowest BCUT2D eigenvalue weighted by Crippen LogP contribution is -2.48. The maximum atomic E-state index is 11.7. The Morgan fingerprint density at radius 1 is 1.65 bits per heavy atom. The molecular formula is C9H16N2O4S2. The van der Waals surface area contributed by atoms with Gasteiger partial charge in [-0.2, -0.15) is 0 Å². The number of nitrogens with one attached hydrogen (secondary N) is 1. The Kier molecular flexibility index (Phi) is 5.26. The van der Waals surface area contributed by atoms with Crippen molar-refractivity contribution < 1.29 is 18.9 Å². The van der Waals surface area contributed by atoms with Gasteiger partial charge in [-0.15, -0.1) is 11.8 Å². The van der Waals surface area contributed by atoms with E-state index in [0.717, 1.165) is 0 Å².